The van der Waals surface area contributed by atoms with Gasteiger partial charge in [0.25, 0.3) is 5.91 Å². The minimum absolute atomic E-state index is 0.0670. The number of nitrogens with one attached hydrogen (secondary N) is 4. The average Bonchev–Trinajstić information content (AvgIpc) is 2.81. The highest BCUT2D eigenvalue weighted by Gasteiger charge is 2.33. The van der Waals surface area contributed by atoms with Gasteiger partial charge in [-0.25, -0.2) is 4.79 Å². The second-order valence-corrected chi connectivity index (χ2v) is 7.54. The summed E-state index contributed by atoms with van der Waals surface area (Å²) in [7, 11) is 1.78. The number of benzene rings is 2. The number of hydrogen-bond donors (Lipinski definition) is 4. The van der Waals surface area contributed by atoms with E-state index in [1.165, 1.54) is 18.3 Å². The number of ether oxygens (including phenoxy) is 1. The number of anilines is 2. The Labute approximate surface area is 203 Å². The van der Waals surface area contributed by atoms with E-state index < -0.39 is 22.8 Å². The number of likely N-dealkylation sites (N-methyl/N-ethyl adjacent to an activating group) is 1. The lowest BCUT2D eigenvalue weighted by molar-refractivity contribution is -0.137. The van der Waals surface area contributed by atoms with Gasteiger partial charge in [0.05, 0.1) is 10.6 Å². The van der Waals surface area contributed by atoms with Crippen LogP contribution in [-0.2, 0) is 6.18 Å². The van der Waals surface area contributed by atoms with Gasteiger partial charge >= 0.3 is 12.2 Å². The number of nitrogens with zero attached hydrogens (tertiary/aromatic N) is 1. The molecule has 184 valence electrons. The first kappa shape index (κ1) is 25.8. The van der Waals surface area contributed by atoms with E-state index in [1.807, 2.05) is 0 Å². The summed E-state index contributed by atoms with van der Waals surface area (Å²) in [5.41, 5.74) is -0.542. The maximum Gasteiger partial charge on any atom is 0.417 e. The molecule has 0 bridgehead atoms. The Hall–Kier alpha value is -3.83. The Bertz CT molecular complexity index is 1190. The number of halogens is 4. The van der Waals surface area contributed by atoms with Gasteiger partial charge < -0.3 is 26.0 Å². The largest absolute Gasteiger partial charge is 0.457 e. The molecule has 0 fully saturated rings. The summed E-state index contributed by atoms with van der Waals surface area (Å²) in [6.07, 6.45) is -3.20. The lowest BCUT2D eigenvalue weighted by atomic mass is 10.2. The standard InChI is InChI=1S/C23H21ClF3N5O3/c1-28-10-11-30-21(33)20-13-17(8-9-29-20)35-16-5-2-14(3-6-16)31-22(34)32-15-4-7-19(24)18(12-15)23(25,26)27/h2-9,12-13,28H,10-11H2,1H3,(H,30,33)(H2,31,32,34). The van der Waals surface area contributed by atoms with E-state index in [9.17, 15) is 22.8 Å². The molecule has 4 N–H and O–H groups in total. The van der Waals surface area contributed by atoms with Crippen LogP contribution in [0.4, 0.5) is 29.3 Å². The van der Waals surface area contributed by atoms with Crippen molar-refractivity contribution in [2.45, 2.75) is 6.18 Å². The zero-order valence-electron chi connectivity index (χ0n) is 18.4. The lowest BCUT2D eigenvalue weighted by Crippen LogP contribution is -2.30. The van der Waals surface area contributed by atoms with Crippen molar-refractivity contribution in [3.8, 4) is 11.5 Å². The molecule has 0 atom stereocenters. The van der Waals surface area contributed by atoms with Crippen LogP contribution < -0.4 is 26.0 Å². The van der Waals surface area contributed by atoms with E-state index in [1.54, 1.807) is 37.4 Å². The molecule has 1 heterocycles. The number of rotatable bonds is 8. The molecule has 0 aliphatic carbocycles. The van der Waals surface area contributed by atoms with Gasteiger partial charge in [0.1, 0.15) is 17.2 Å². The fourth-order valence-electron chi connectivity index (χ4n) is 2.85. The van der Waals surface area contributed by atoms with Gasteiger partial charge in [-0.1, -0.05) is 11.6 Å². The first-order chi connectivity index (χ1) is 16.7. The first-order valence-corrected chi connectivity index (χ1v) is 10.6. The van der Waals surface area contributed by atoms with Crippen LogP contribution in [-0.4, -0.2) is 37.1 Å². The Morgan fingerprint density at radius 3 is 2.31 bits per heavy atom. The normalized spacial score (nSPS) is 11.0. The lowest BCUT2D eigenvalue weighted by Gasteiger charge is -2.12. The summed E-state index contributed by atoms with van der Waals surface area (Å²) in [5.74, 6) is 0.482. The predicted octanol–water partition coefficient (Wildman–Crippen LogP) is 5.14. The van der Waals surface area contributed by atoms with E-state index >= 15 is 0 Å². The molecular formula is C23H21ClF3N5O3. The molecule has 0 saturated heterocycles. The van der Waals surface area contributed by atoms with E-state index in [4.69, 9.17) is 16.3 Å². The number of alkyl halides is 3. The summed E-state index contributed by atoms with van der Waals surface area (Å²) >= 11 is 5.58. The Balaban J connectivity index is 1.58. The summed E-state index contributed by atoms with van der Waals surface area (Å²) in [5, 5.41) is 10.0. The van der Waals surface area contributed by atoms with Crippen molar-refractivity contribution in [1.29, 1.82) is 0 Å². The van der Waals surface area contributed by atoms with E-state index in [-0.39, 0.29) is 17.3 Å². The van der Waals surface area contributed by atoms with Crippen molar-refractivity contribution in [3.63, 3.8) is 0 Å². The molecule has 3 rings (SSSR count). The second kappa shape index (κ2) is 11.5. The summed E-state index contributed by atoms with van der Waals surface area (Å²) in [4.78, 5) is 28.3. The molecule has 8 nitrogen and oxygen atoms in total. The molecule has 12 heteroatoms. The van der Waals surface area contributed by atoms with Crippen LogP contribution in [0.2, 0.25) is 5.02 Å². The maximum atomic E-state index is 13.0. The van der Waals surface area contributed by atoms with Crippen molar-refractivity contribution in [2.75, 3.05) is 30.8 Å². The van der Waals surface area contributed by atoms with Crippen molar-refractivity contribution in [3.05, 3.63) is 77.1 Å². The van der Waals surface area contributed by atoms with Crippen LogP contribution in [0.15, 0.2) is 60.8 Å². The zero-order chi connectivity index (χ0) is 25.4. The van der Waals surface area contributed by atoms with Crippen molar-refractivity contribution in [1.82, 2.24) is 15.6 Å². The fourth-order valence-corrected chi connectivity index (χ4v) is 3.07. The van der Waals surface area contributed by atoms with Gasteiger partial charge in [-0.3, -0.25) is 9.78 Å². The molecule has 3 amide bonds. The van der Waals surface area contributed by atoms with Gasteiger partial charge in [0.2, 0.25) is 0 Å². The molecule has 1 aromatic heterocycles. The SMILES string of the molecule is CNCCNC(=O)c1cc(Oc2ccc(NC(=O)Nc3ccc(Cl)c(C(F)(F)F)c3)cc2)ccn1. The van der Waals surface area contributed by atoms with E-state index in [0.29, 0.717) is 30.3 Å². The molecule has 2 aromatic carbocycles. The van der Waals surface area contributed by atoms with Crippen LogP contribution in [0.3, 0.4) is 0 Å². The van der Waals surface area contributed by atoms with Gasteiger partial charge in [-0.15, -0.1) is 0 Å². The highest BCUT2D eigenvalue weighted by Crippen LogP contribution is 2.36. The third kappa shape index (κ3) is 7.59. The minimum atomic E-state index is -4.65. The molecule has 0 aliphatic rings. The molecule has 0 unspecified atom stereocenters. The summed E-state index contributed by atoms with van der Waals surface area (Å²) in [6, 6.07) is 11.7. The highest BCUT2D eigenvalue weighted by molar-refractivity contribution is 6.31. The van der Waals surface area contributed by atoms with Crippen LogP contribution in [0.5, 0.6) is 11.5 Å². The van der Waals surface area contributed by atoms with E-state index in [2.05, 4.69) is 26.3 Å². The number of carbonyl (C=O) groups is 2. The van der Waals surface area contributed by atoms with Crippen LogP contribution in [0, 0.1) is 0 Å². The van der Waals surface area contributed by atoms with Gasteiger partial charge in [-0.2, -0.15) is 13.2 Å². The molecule has 3 aromatic rings. The molecular weight excluding hydrogens is 487 g/mol. The second-order valence-electron chi connectivity index (χ2n) is 7.13. The molecule has 0 radical (unpaired) electrons. The zero-order valence-corrected chi connectivity index (χ0v) is 19.1. The number of amides is 3. The summed E-state index contributed by atoms with van der Waals surface area (Å²) < 4.78 is 44.7. The van der Waals surface area contributed by atoms with Crippen LogP contribution in [0.1, 0.15) is 16.1 Å². The Morgan fingerprint density at radius 1 is 0.943 bits per heavy atom. The number of urea groups is 1. The van der Waals surface area contributed by atoms with Crippen molar-refractivity contribution in [2.24, 2.45) is 0 Å². The Kier molecular flexibility index (Phi) is 8.50. The third-order valence-corrected chi connectivity index (χ3v) is 4.83. The van der Waals surface area contributed by atoms with Gasteiger partial charge in [0, 0.05) is 36.7 Å². The average molecular weight is 508 g/mol. The molecule has 0 saturated carbocycles. The molecule has 0 aliphatic heterocycles. The number of hydrogen-bond acceptors (Lipinski definition) is 5. The number of aromatic nitrogens is 1. The van der Waals surface area contributed by atoms with E-state index in [0.717, 1.165) is 12.1 Å². The topological polar surface area (TPSA) is 104 Å². The summed E-state index contributed by atoms with van der Waals surface area (Å²) in [6.45, 7) is 1.07. The quantitative estimate of drug-likeness (QED) is 0.316. The van der Waals surface area contributed by atoms with Gasteiger partial charge in [0.15, 0.2) is 0 Å². The van der Waals surface area contributed by atoms with Crippen molar-refractivity contribution < 1.29 is 27.5 Å². The monoisotopic (exact) mass is 507 g/mol. The van der Waals surface area contributed by atoms with Gasteiger partial charge in [-0.05, 0) is 55.6 Å². The predicted molar refractivity (Wildman–Crippen MR) is 126 cm³/mol. The van der Waals surface area contributed by atoms with Crippen LogP contribution >= 0.6 is 11.6 Å². The highest BCUT2D eigenvalue weighted by atomic mass is 35.5. The fraction of sp³-hybridized carbons (Fsp3) is 0.174. The minimum Gasteiger partial charge on any atom is -0.457 e. The molecule has 0 spiro atoms. The smallest absolute Gasteiger partial charge is 0.417 e. The third-order valence-electron chi connectivity index (χ3n) is 4.50. The van der Waals surface area contributed by atoms with Crippen molar-refractivity contribution >= 4 is 34.9 Å². The maximum absolute atomic E-state index is 13.0. The number of carbonyl (C=O) groups excluding carboxylic acids is 2. The van der Waals surface area contributed by atoms with Crippen LogP contribution in [0.25, 0.3) is 0 Å². The molecule has 35 heavy (non-hydrogen) atoms. The Morgan fingerprint density at radius 2 is 1.63 bits per heavy atom. The number of pyridine rings is 1. The first-order valence-electron chi connectivity index (χ1n) is 10.3.